The number of piperidine rings is 1. The van der Waals surface area contributed by atoms with Gasteiger partial charge in [0.15, 0.2) is 11.2 Å². The number of halogens is 1. The summed E-state index contributed by atoms with van der Waals surface area (Å²) in [6.45, 7) is 4.42. The van der Waals surface area contributed by atoms with Crippen LogP contribution in [0.3, 0.4) is 0 Å². The molecule has 0 unspecified atom stereocenters. The number of nitrogens with one attached hydrogen (secondary N) is 2. The molecule has 6 nitrogen and oxygen atoms in total. The normalized spacial score (nSPS) is 18.5. The molecular weight excluding hydrogens is 445 g/mol. The predicted molar refractivity (Wildman–Crippen MR) is 134 cm³/mol. The maximum absolute atomic E-state index is 13.5. The summed E-state index contributed by atoms with van der Waals surface area (Å²) in [7, 11) is 0. The minimum atomic E-state index is -0.778. The standard InChI is InChI=1S/C28H32FN3O3/c29-25-8-6-23(7-9-25)28(34-16-17-35-28)24-11-14-32(15-12-24)13-10-22-20-31-27(18-26(22)33)30-19-21-4-2-1-3-5-21/h1-9,18,20,24H,10-17,19H2,(H2,30,31,33). The molecule has 3 aromatic rings. The number of aromatic nitrogens is 1. The lowest BCUT2D eigenvalue weighted by atomic mass is 9.84. The first-order valence-electron chi connectivity index (χ1n) is 12.4. The van der Waals surface area contributed by atoms with Gasteiger partial charge in [-0.2, -0.15) is 0 Å². The van der Waals surface area contributed by atoms with E-state index < -0.39 is 5.79 Å². The summed E-state index contributed by atoms with van der Waals surface area (Å²) in [4.78, 5) is 18.2. The van der Waals surface area contributed by atoms with E-state index in [4.69, 9.17) is 9.47 Å². The second-order valence-corrected chi connectivity index (χ2v) is 9.31. The van der Waals surface area contributed by atoms with Crippen LogP contribution < -0.4 is 10.7 Å². The highest BCUT2D eigenvalue weighted by atomic mass is 19.1. The molecule has 5 rings (SSSR count). The zero-order valence-corrected chi connectivity index (χ0v) is 19.8. The number of ether oxygens (including phenoxy) is 2. The van der Waals surface area contributed by atoms with Gasteiger partial charge in [0, 0.05) is 42.4 Å². The van der Waals surface area contributed by atoms with Crippen molar-refractivity contribution in [1.82, 2.24) is 9.88 Å². The van der Waals surface area contributed by atoms with Crippen LogP contribution in [0, 0.1) is 11.7 Å². The van der Waals surface area contributed by atoms with Gasteiger partial charge in [0.2, 0.25) is 0 Å². The van der Waals surface area contributed by atoms with Gasteiger partial charge >= 0.3 is 0 Å². The van der Waals surface area contributed by atoms with E-state index in [-0.39, 0.29) is 17.2 Å². The highest BCUT2D eigenvalue weighted by molar-refractivity contribution is 5.37. The molecule has 7 heteroatoms. The summed E-state index contributed by atoms with van der Waals surface area (Å²) in [6.07, 6.45) is 4.38. The molecular formula is C28H32FN3O3. The molecule has 0 spiro atoms. The molecule has 0 bridgehead atoms. The average molecular weight is 478 g/mol. The van der Waals surface area contributed by atoms with E-state index in [1.165, 1.54) is 12.1 Å². The number of pyridine rings is 1. The molecule has 0 saturated carbocycles. The summed E-state index contributed by atoms with van der Waals surface area (Å²) < 4.78 is 25.7. The molecule has 0 amide bonds. The minimum Gasteiger partial charge on any atom is -0.367 e. The van der Waals surface area contributed by atoms with Crippen molar-refractivity contribution in [2.75, 3.05) is 38.2 Å². The molecule has 1 aromatic heterocycles. The maximum atomic E-state index is 13.5. The number of rotatable bonds is 8. The fourth-order valence-corrected chi connectivity index (χ4v) is 5.16. The van der Waals surface area contributed by atoms with Crippen molar-refractivity contribution in [2.24, 2.45) is 5.92 Å². The van der Waals surface area contributed by atoms with Gasteiger partial charge in [-0.05, 0) is 50.0 Å². The predicted octanol–water partition coefficient (Wildman–Crippen LogP) is 4.28. The zero-order chi connectivity index (χ0) is 24.1. The van der Waals surface area contributed by atoms with E-state index in [1.807, 2.05) is 24.4 Å². The van der Waals surface area contributed by atoms with Crippen LogP contribution in [0.15, 0.2) is 71.7 Å². The van der Waals surface area contributed by atoms with E-state index in [2.05, 4.69) is 27.3 Å². The van der Waals surface area contributed by atoms with Crippen molar-refractivity contribution >= 4 is 5.82 Å². The number of H-pyrrole nitrogens is 1. The Morgan fingerprint density at radius 1 is 1.03 bits per heavy atom. The van der Waals surface area contributed by atoms with Crippen LogP contribution in [-0.2, 0) is 28.2 Å². The van der Waals surface area contributed by atoms with Gasteiger partial charge in [-0.3, -0.25) is 4.79 Å². The largest absolute Gasteiger partial charge is 0.367 e. The molecule has 3 heterocycles. The van der Waals surface area contributed by atoms with Crippen molar-refractivity contribution in [3.63, 3.8) is 0 Å². The first-order valence-corrected chi connectivity index (χ1v) is 12.4. The van der Waals surface area contributed by atoms with Gasteiger partial charge in [0.05, 0.1) is 13.2 Å². The monoisotopic (exact) mass is 477 g/mol. The topological polar surface area (TPSA) is 66.6 Å². The number of hydrogen-bond acceptors (Lipinski definition) is 5. The third-order valence-corrected chi connectivity index (χ3v) is 7.10. The molecule has 0 aliphatic carbocycles. The SMILES string of the molecule is O=c1cc(NCc2ccccc2)[nH]cc1CCN1CCC(C2(c3ccc(F)cc3)OCCO2)CC1. The van der Waals surface area contributed by atoms with Crippen LogP contribution in [0.25, 0.3) is 0 Å². The second kappa shape index (κ2) is 10.7. The summed E-state index contributed by atoms with van der Waals surface area (Å²) >= 11 is 0. The fourth-order valence-electron chi connectivity index (χ4n) is 5.16. The molecule has 2 aliphatic heterocycles. The van der Waals surface area contributed by atoms with E-state index in [1.54, 1.807) is 18.2 Å². The number of benzene rings is 2. The lowest BCUT2D eigenvalue weighted by molar-refractivity contribution is -0.214. The quantitative estimate of drug-likeness (QED) is 0.507. The highest BCUT2D eigenvalue weighted by Gasteiger charge is 2.46. The molecule has 0 radical (unpaired) electrons. The number of nitrogens with zero attached hydrogens (tertiary/aromatic N) is 1. The van der Waals surface area contributed by atoms with Crippen LogP contribution in [0.1, 0.15) is 29.5 Å². The summed E-state index contributed by atoms with van der Waals surface area (Å²) in [5.74, 6) is -0.0950. The molecule has 35 heavy (non-hydrogen) atoms. The van der Waals surface area contributed by atoms with E-state index in [0.29, 0.717) is 26.2 Å². The Kier molecular flexibility index (Phi) is 7.27. The van der Waals surface area contributed by atoms with Crippen LogP contribution in [0.5, 0.6) is 0 Å². The Morgan fingerprint density at radius 3 is 2.43 bits per heavy atom. The van der Waals surface area contributed by atoms with Gasteiger partial charge in [-0.1, -0.05) is 42.5 Å². The summed E-state index contributed by atoms with van der Waals surface area (Å²) in [6, 6.07) is 18.2. The third kappa shape index (κ3) is 5.48. The Labute approximate surface area is 205 Å². The Hall–Kier alpha value is -3.00. The number of aromatic amines is 1. The first-order chi connectivity index (χ1) is 17.1. The number of hydrogen-bond donors (Lipinski definition) is 2. The van der Waals surface area contributed by atoms with Crippen LogP contribution in [-0.4, -0.2) is 42.7 Å². The van der Waals surface area contributed by atoms with Crippen LogP contribution in [0.2, 0.25) is 0 Å². The Balaban J connectivity index is 1.14. The van der Waals surface area contributed by atoms with Crippen molar-refractivity contribution < 1.29 is 13.9 Å². The first kappa shape index (κ1) is 23.7. The van der Waals surface area contributed by atoms with Crippen molar-refractivity contribution in [3.05, 3.63) is 99.6 Å². The minimum absolute atomic E-state index is 0.0530. The lowest BCUT2D eigenvalue weighted by Crippen LogP contribution is -2.44. The van der Waals surface area contributed by atoms with Gasteiger partial charge in [0.1, 0.15) is 11.6 Å². The smallest absolute Gasteiger partial charge is 0.197 e. The second-order valence-electron chi connectivity index (χ2n) is 9.31. The zero-order valence-electron chi connectivity index (χ0n) is 19.8. The van der Waals surface area contributed by atoms with Gasteiger partial charge in [-0.15, -0.1) is 0 Å². The molecule has 184 valence electrons. The highest BCUT2D eigenvalue weighted by Crippen LogP contribution is 2.43. The van der Waals surface area contributed by atoms with Gasteiger partial charge in [-0.25, -0.2) is 4.39 Å². The van der Waals surface area contributed by atoms with E-state index in [0.717, 1.165) is 55.0 Å². The van der Waals surface area contributed by atoms with Crippen molar-refractivity contribution in [2.45, 2.75) is 31.6 Å². The van der Waals surface area contributed by atoms with Crippen LogP contribution >= 0.6 is 0 Å². The molecule has 2 aliphatic rings. The van der Waals surface area contributed by atoms with E-state index >= 15 is 0 Å². The third-order valence-electron chi connectivity index (χ3n) is 7.10. The van der Waals surface area contributed by atoms with Crippen molar-refractivity contribution in [1.29, 1.82) is 0 Å². The Morgan fingerprint density at radius 2 is 1.74 bits per heavy atom. The molecule has 2 fully saturated rings. The van der Waals surface area contributed by atoms with Gasteiger partial charge in [0.25, 0.3) is 0 Å². The molecule has 2 saturated heterocycles. The molecule has 2 aromatic carbocycles. The number of anilines is 1. The summed E-state index contributed by atoms with van der Waals surface area (Å²) in [5.41, 5.74) is 2.90. The van der Waals surface area contributed by atoms with E-state index in [9.17, 15) is 9.18 Å². The summed E-state index contributed by atoms with van der Waals surface area (Å²) in [5, 5.41) is 3.28. The van der Waals surface area contributed by atoms with Crippen molar-refractivity contribution in [3.8, 4) is 0 Å². The molecule has 2 N–H and O–H groups in total. The maximum Gasteiger partial charge on any atom is 0.197 e. The Bertz CT molecular complexity index is 1150. The van der Waals surface area contributed by atoms with Crippen LogP contribution in [0.4, 0.5) is 10.2 Å². The number of likely N-dealkylation sites (tertiary alicyclic amines) is 1. The average Bonchev–Trinajstić information content (AvgIpc) is 3.39. The molecule has 0 atom stereocenters. The fraction of sp³-hybridized carbons (Fsp3) is 0.393. The van der Waals surface area contributed by atoms with Gasteiger partial charge < -0.3 is 24.7 Å². The lowest BCUT2D eigenvalue weighted by Gasteiger charge is -2.41.